The lowest BCUT2D eigenvalue weighted by molar-refractivity contribution is -0.144. The number of carbonyl (C=O) groups excluding carboxylic acids is 2. The van der Waals surface area contributed by atoms with Crippen LogP contribution < -0.4 is 10.6 Å². The average molecular weight is 299 g/mol. The summed E-state index contributed by atoms with van der Waals surface area (Å²) >= 11 is 0. The third-order valence-electron chi connectivity index (χ3n) is 2.84. The Balaban J connectivity index is 2.16. The maximum atomic E-state index is 13.0. The number of benzene rings is 1. The molecule has 21 heavy (non-hydrogen) atoms. The second-order valence-corrected chi connectivity index (χ2v) is 4.37. The molecule has 1 aliphatic heterocycles. The fraction of sp³-hybridized carbons (Fsp3) is 0.250. The van der Waals surface area contributed by atoms with E-state index in [1.807, 2.05) is 0 Å². The molecule has 0 aliphatic carbocycles. The van der Waals surface area contributed by atoms with E-state index in [4.69, 9.17) is 5.11 Å². The number of carbonyl (C=O) groups is 3. The van der Waals surface area contributed by atoms with E-state index in [0.717, 1.165) is 17.0 Å². The monoisotopic (exact) mass is 299 g/mol. The van der Waals surface area contributed by atoms with Crippen molar-refractivity contribution in [3.05, 3.63) is 29.8 Å². The van der Waals surface area contributed by atoms with Crippen LogP contribution >= 0.6 is 0 Å². The van der Waals surface area contributed by atoms with E-state index in [9.17, 15) is 23.2 Å². The van der Waals surface area contributed by atoms with Crippen LogP contribution in [0.1, 0.15) is 0 Å². The van der Waals surface area contributed by atoms with Gasteiger partial charge in [-0.2, -0.15) is 0 Å². The molecule has 1 unspecified atom stereocenters. The Morgan fingerprint density at radius 3 is 2.48 bits per heavy atom. The van der Waals surface area contributed by atoms with E-state index in [0.29, 0.717) is 6.07 Å². The van der Waals surface area contributed by atoms with Gasteiger partial charge in [-0.1, -0.05) is 0 Å². The number of carboxylic acids is 1. The standard InChI is InChI=1S/C12H11F2N3O4/c13-6-1-7(14)3-8(2-6)16-12(21)17-5-10(18)15-4-9(17)11(19)20/h1-3,9H,4-5H2,(H,15,18)(H,16,21)(H,19,20). The van der Waals surface area contributed by atoms with Gasteiger partial charge in [-0.25, -0.2) is 18.4 Å². The summed E-state index contributed by atoms with van der Waals surface area (Å²) < 4.78 is 26.0. The average Bonchev–Trinajstić information content (AvgIpc) is 2.36. The first-order valence-electron chi connectivity index (χ1n) is 5.90. The maximum Gasteiger partial charge on any atom is 0.328 e. The summed E-state index contributed by atoms with van der Waals surface area (Å²) in [5.74, 6) is -3.60. The van der Waals surface area contributed by atoms with Crippen molar-refractivity contribution in [1.29, 1.82) is 0 Å². The van der Waals surface area contributed by atoms with Gasteiger partial charge in [-0.05, 0) is 12.1 Å². The van der Waals surface area contributed by atoms with Crippen molar-refractivity contribution in [2.24, 2.45) is 0 Å². The third kappa shape index (κ3) is 3.44. The Kier molecular flexibility index (Phi) is 4.01. The molecule has 9 heteroatoms. The number of anilines is 1. The molecule has 0 radical (unpaired) electrons. The van der Waals surface area contributed by atoms with Crippen LogP contribution in [0.25, 0.3) is 0 Å². The van der Waals surface area contributed by atoms with Crippen LogP contribution in [-0.2, 0) is 9.59 Å². The van der Waals surface area contributed by atoms with Gasteiger partial charge in [0.2, 0.25) is 5.91 Å². The zero-order valence-corrected chi connectivity index (χ0v) is 10.6. The van der Waals surface area contributed by atoms with Gasteiger partial charge in [0.25, 0.3) is 0 Å². The van der Waals surface area contributed by atoms with Gasteiger partial charge >= 0.3 is 12.0 Å². The van der Waals surface area contributed by atoms with Crippen LogP contribution in [0.5, 0.6) is 0 Å². The summed E-state index contributed by atoms with van der Waals surface area (Å²) in [5, 5.41) is 13.5. The van der Waals surface area contributed by atoms with Crippen molar-refractivity contribution in [2.75, 3.05) is 18.4 Å². The zero-order valence-electron chi connectivity index (χ0n) is 10.6. The minimum absolute atomic E-state index is 0.173. The van der Waals surface area contributed by atoms with E-state index >= 15 is 0 Å². The minimum atomic E-state index is -1.30. The Morgan fingerprint density at radius 2 is 1.90 bits per heavy atom. The predicted molar refractivity (Wildman–Crippen MR) is 66.5 cm³/mol. The van der Waals surface area contributed by atoms with Crippen LogP contribution in [0.3, 0.4) is 0 Å². The van der Waals surface area contributed by atoms with E-state index in [2.05, 4.69) is 10.6 Å². The highest BCUT2D eigenvalue weighted by Gasteiger charge is 2.35. The van der Waals surface area contributed by atoms with Gasteiger partial charge in [0.05, 0.1) is 0 Å². The zero-order chi connectivity index (χ0) is 15.6. The highest BCUT2D eigenvalue weighted by Crippen LogP contribution is 2.15. The lowest BCUT2D eigenvalue weighted by Gasteiger charge is -2.32. The lowest BCUT2D eigenvalue weighted by Crippen LogP contribution is -2.60. The molecule has 112 valence electrons. The summed E-state index contributed by atoms with van der Waals surface area (Å²) in [4.78, 5) is 35.1. The highest BCUT2D eigenvalue weighted by molar-refractivity contribution is 5.96. The van der Waals surface area contributed by atoms with Gasteiger partial charge in [0.15, 0.2) is 0 Å². The number of nitrogens with one attached hydrogen (secondary N) is 2. The number of amides is 3. The van der Waals surface area contributed by atoms with Crippen LogP contribution in [0.15, 0.2) is 18.2 Å². The van der Waals surface area contributed by atoms with E-state index in [1.54, 1.807) is 0 Å². The molecule has 0 bridgehead atoms. The number of piperazine rings is 1. The van der Waals surface area contributed by atoms with Gasteiger partial charge in [-0.3, -0.25) is 9.69 Å². The molecule has 2 rings (SSSR count). The number of hydrogen-bond donors (Lipinski definition) is 3. The van der Waals surface area contributed by atoms with Crippen molar-refractivity contribution in [3.8, 4) is 0 Å². The first-order chi connectivity index (χ1) is 9.86. The first-order valence-corrected chi connectivity index (χ1v) is 5.90. The topological polar surface area (TPSA) is 98.7 Å². The first kappa shape index (κ1) is 14.7. The number of aliphatic carboxylic acids is 1. The van der Waals surface area contributed by atoms with Crippen molar-refractivity contribution >= 4 is 23.6 Å². The summed E-state index contributed by atoms with van der Waals surface area (Å²) in [6, 6.07) is 0.203. The Hall–Kier alpha value is -2.71. The summed E-state index contributed by atoms with van der Waals surface area (Å²) in [6.07, 6.45) is 0. The molecule has 1 aliphatic rings. The molecule has 1 aromatic rings. The SMILES string of the molecule is O=C1CN(C(=O)Nc2cc(F)cc(F)c2)C(C(=O)O)CN1. The smallest absolute Gasteiger partial charge is 0.328 e. The molecule has 1 fully saturated rings. The fourth-order valence-corrected chi connectivity index (χ4v) is 1.90. The summed E-state index contributed by atoms with van der Waals surface area (Å²) in [7, 11) is 0. The van der Waals surface area contributed by atoms with E-state index < -0.39 is 42.1 Å². The van der Waals surface area contributed by atoms with Gasteiger partial charge < -0.3 is 15.7 Å². The summed E-state index contributed by atoms with van der Waals surface area (Å²) in [6.45, 7) is -0.695. The van der Waals surface area contributed by atoms with Gasteiger partial charge in [0.1, 0.15) is 24.2 Å². The lowest BCUT2D eigenvalue weighted by atomic mass is 10.2. The molecule has 1 heterocycles. The Bertz CT molecular complexity index is 588. The molecule has 7 nitrogen and oxygen atoms in total. The maximum absolute atomic E-state index is 13.0. The number of nitrogens with zero attached hydrogens (tertiary/aromatic N) is 1. The largest absolute Gasteiger partial charge is 0.480 e. The second-order valence-electron chi connectivity index (χ2n) is 4.37. The number of carboxylic acid groups (broad SMARTS) is 1. The summed E-state index contributed by atoms with van der Waals surface area (Å²) in [5.41, 5.74) is -0.173. The quantitative estimate of drug-likeness (QED) is 0.735. The molecule has 0 spiro atoms. The van der Waals surface area contributed by atoms with Crippen molar-refractivity contribution in [2.45, 2.75) is 6.04 Å². The number of halogens is 2. The highest BCUT2D eigenvalue weighted by atomic mass is 19.1. The van der Waals surface area contributed by atoms with Crippen molar-refractivity contribution < 1.29 is 28.3 Å². The molecule has 3 amide bonds. The molecule has 1 atom stereocenters. The van der Waals surface area contributed by atoms with Crippen LogP contribution in [0.2, 0.25) is 0 Å². The van der Waals surface area contributed by atoms with Crippen molar-refractivity contribution in [1.82, 2.24) is 10.2 Å². The fourth-order valence-electron chi connectivity index (χ4n) is 1.90. The van der Waals surface area contributed by atoms with Gasteiger partial charge in [-0.15, -0.1) is 0 Å². The second kappa shape index (κ2) is 5.73. The van der Waals surface area contributed by atoms with Crippen molar-refractivity contribution in [3.63, 3.8) is 0 Å². The molecule has 1 aromatic carbocycles. The molecular weight excluding hydrogens is 288 g/mol. The van der Waals surface area contributed by atoms with E-state index in [-0.39, 0.29) is 12.2 Å². The molecule has 3 N–H and O–H groups in total. The molecular formula is C12H11F2N3O4. The minimum Gasteiger partial charge on any atom is -0.480 e. The molecule has 0 saturated carbocycles. The Labute approximate surface area is 117 Å². The third-order valence-corrected chi connectivity index (χ3v) is 2.84. The number of urea groups is 1. The molecule has 1 saturated heterocycles. The van der Waals surface area contributed by atoms with Crippen LogP contribution in [-0.4, -0.2) is 47.0 Å². The van der Waals surface area contributed by atoms with Crippen LogP contribution in [0.4, 0.5) is 19.3 Å². The van der Waals surface area contributed by atoms with Crippen LogP contribution in [0, 0.1) is 11.6 Å². The Morgan fingerprint density at radius 1 is 1.29 bits per heavy atom. The normalized spacial score (nSPS) is 18.1. The van der Waals surface area contributed by atoms with Gasteiger partial charge in [0, 0.05) is 18.3 Å². The van der Waals surface area contributed by atoms with E-state index in [1.165, 1.54) is 0 Å². The molecule has 0 aromatic heterocycles. The predicted octanol–water partition coefficient (Wildman–Crippen LogP) is 0.382. The number of rotatable bonds is 2. The number of hydrogen-bond acceptors (Lipinski definition) is 3.